The molecule has 1 aliphatic rings. The first-order chi connectivity index (χ1) is 13.4. The van der Waals surface area contributed by atoms with E-state index in [9.17, 15) is 18.0 Å². The first-order valence-corrected chi connectivity index (χ1v) is 10.1. The fourth-order valence-corrected chi connectivity index (χ4v) is 3.81. The van der Waals surface area contributed by atoms with Gasteiger partial charge in [0.05, 0.1) is 22.4 Å². The Hall–Kier alpha value is -2.06. The van der Waals surface area contributed by atoms with Crippen molar-refractivity contribution in [1.82, 2.24) is 15.2 Å². The van der Waals surface area contributed by atoms with Crippen LogP contribution in [0.4, 0.5) is 13.2 Å². The molecule has 0 aliphatic carbocycles. The topological polar surface area (TPSA) is 45.2 Å². The maximum Gasteiger partial charge on any atom is 0.417 e. The molecule has 0 spiro atoms. The van der Waals surface area contributed by atoms with Gasteiger partial charge in [0, 0.05) is 12.7 Å². The lowest BCUT2D eigenvalue weighted by molar-refractivity contribution is -0.137. The van der Waals surface area contributed by atoms with Crippen LogP contribution in [-0.4, -0.2) is 41.2 Å². The third kappa shape index (κ3) is 5.97. The zero-order valence-electron chi connectivity index (χ0n) is 15.3. The Balaban J connectivity index is 1.57. The lowest BCUT2D eigenvalue weighted by Gasteiger charge is -2.25. The maximum absolute atomic E-state index is 12.6. The third-order valence-electron chi connectivity index (χ3n) is 4.59. The van der Waals surface area contributed by atoms with Crippen molar-refractivity contribution in [3.63, 3.8) is 0 Å². The zero-order valence-corrected chi connectivity index (χ0v) is 16.1. The number of likely N-dealkylation sites (tertiary alicyclic amines) is 1. The number of hydrogen-bond acceptors (Lipinski definition) is 4. The van der Waals surface area contributed by atoms with Crippen LogP contribution in [0.1, 0.15) is 30.0 Å². The lowest BCUT2D eigenvalue weighted by Crippen LogP contribution is -2.37. The van der Waals surface area contributed by atoms with Gasteiger partial charge in [0.15, 0.2) is 0 Å². The predicted octanol–water partition coefficient (Wildman–Crippen LogP) is 4.15. The average molecular weight is 409 g/mol. The molecule has 3 rings (SSSR count). The van der Waals surface area contributed by atoms with E-state index in [1.807, 2.05) is 30.3 Å². The van der Waals surface area contributed by atoms with Crippen molar-refractivity contribution >= 4 is 17.7 Å². The first kappa shape index (κ1) is 20.7. The monoisotopic (exact) mass is 409 g/mol. The maximum atomic E-state index is 12.6. The van der Waals surface area contributed by atoms with Crippen molar-refractivity contribution in [1.29, 1.82) is 0 Å². The highest BCUT2D eigenvalue weighted by molar-refractivity contribution is 7.99. The number of amides is 1. The summed E-state index contributed by atoms with van der Waals surface area (Å²) in [4.78, 5) is 18.6. The normalized spacial score (nSPS) is 16.1. The molecule has 0 saturated carbocycles. The van der Waals surface area contributed by atoms with Crippen LogP contribution >= 0.6 is 11.8 Å². The van der Waals surface area contributed by atoms with Crippen LogP contribution in [0, 0.1) is 0 Å². The summed E-state index contributed by atoms with van der Waals surface area (Å²) in [5, 5.41) is 3.44. The van der Waals surface area contributed by atoms with Crippen molar-refractivity contribution in [3.05, 3.63) is 59.8 Å². The number of carbonyl (C=O) groups is 1. The molecule has 1 atom stereocenters. The second kappa shape index (κ2) is 9.43. The molecule has 1 amide bonds. The van der Waals surface area contributed by atoms with Crippen molar-refractivity contribution in [2.75, 3.05) is 25.4 Å². The summed E-state index contributed by atoms with van der Waals surface area (Å²) in [6, 6.07) is 12.0. The smallest absolute Gasteiger partial charge is 0.347 e. The average Bonchev–Trinajstić information content (AvgIpc) is 3.19. The van der Waals surface area contributed by atoms with Crippen LogP contribution in [0.3, 0.4) is 0 Å². The summed E-state index contributed by atoms with van der Waals surface area (Å²) in [5.41, 5.74) is 0.247. The molecular weight excluding hydrogens is 387 g/mol. The van der Waals surface area contributed by atoms with Gasteiger partial charge in [0.2, 0.25) is 5.91 Å². The molecule has 28 heavy (non-hydrogen) atoms. The second-order valence-electron chi connectivity index (χ2n) is 6.71. The third-order valence-corrected chi connectivity index (χ3v) is 5.54. The van der Waals surface area contributed by atoms with Crippen molar-refractivity contribution in [2.24, 2.45) is 0 Å². The molecule has 1 saturated heterocycles. The summed E-state index contributed by atoms with van der Waals surface area (Å²) >= 11 is 1.12. The van der Waals surface area contributed by atoms with Gasteiger partial charge in [-0.3, -0.25) is 4.79 Å². The number of alkyl halides is 3. The molecule has 1 unspecified atom stereocenters. The minimum atomic E-state index is -4.41. The number of hydrogen-bond donors (Lipinski definition) is 1. The lowest BCUT2D eigenvalue weighted by atomic mass is 10.1. The SMILES string of the molecule is O=C(CSc1ccc(C(F)(F)F)cn1)NC(CN1CCCC1)c1ccccc1. The van der Waals surface area contributed by atoms with Gasteiger partial charge in [-0.2, -0.15) is 13.2 Å². The number of carbonyl (C=O) groups excluding carboxylic acids is 1. The van der Waals surface area contributed by atoms with Gasteiger partial charge in [-0.05, 0) is 43.6 Å². The highest BCUT2D eigenvalue weighted by Gasteiger charge is 2.30. The number of thioether (sulfide) groups is 1. The fraction of sp³-hybridized carbons (Fsp3) is 0.400. The molecule has 2 aromatic rings. The van der Waals surface area contributed by atoms with Gasteiger partial charge in [-0.15, -0.1) is 0 Å². The van der Waals surface area contributed by atoms with E-state index in [0.717, 1.165) is 49.2 Å². The molecule has 2 heterocycles. The Bertz CT molecular complexity index is 763. The Labute approximate surface area is 166 Å². The van der Waals surface area contributed by atoms with Crippen molar-refractivity contribution in [2.45, 2.75) is 30.1 Å². The second-order valence-corrected chi connectivity index (χ2v) is 7.71. The molecule has 1 fully saturated rings. The summed E-state index contributed by atoms with van der Waals surface area (Å²) in [7, 11) is 0. The molecule has 0 radical (unpaired) electrons. The van der Waals surface area contributed by atoms with Crippen molar-refractivity contribution in [3.8, 4) is 0 Å². The van der Waals surface area contributed by atoms with E-state index < -0.39 is 11.7 Å². The summed E-state index contributed by atoms with van der Waals surface area (Å²) in [6.07, 6.45) is -1.28. The van der Waals surface area contributed by atoms with Gasteiger partial charge in [-0.1, -0.05) is 42.1 Å². The van der Waals surface area contributed by atoms with Gasteiger partial charge < -0.3 is 10.2 Å². The highest BCUT2D eigenvalue weighted by atomic mass is 32.2. The minimum Gasteiger partial charge on any atom is -0.347 e. The van der Waals surface area contributed by atoms with Crippen LogP contribution in [0.5, 0.6) is 0 Å². The zero-order chi connectivity index (χ0) is 20.0. The van der Waals surface area contributed by atoms with E-state index in [4.69, 9.17) is 0 Å². The molecule has 4 nitrogen and oxygen atoms in total. The molecule has 8 heteroatoms. The number of nitrogens with zero attached hydrogens (tertiary/aromatic N) is 2. The Morgan fingerprint density at radius 3 is 2.46 bits per heavy atom. The van der Waals surface area contributed by atoms with Gasteiger partial charge in [-0.25, -0.2) is 4.98 Å². The van der Waals surface area contributed by atoms with Crippen LogP contribution in [0.2, 0.25) is 0 Å². The molecule has 1 aliphatic heterocycles. The Morgan fingerprint density at radius 1 is 1.14 bits per heavy atom. The number of halogens is 3. The largest absolute Gasteiger partial charge is 0.417 e. The van der Waals surface area contributed by atoms with E-state index in [1.54, 1.807) is 0 Å². The van der Waals surface area contributed by atoms with Crippen LogP contribution < -0.4 is 5.32 Å². The number of pyridine rings is 1. The molecule has 150 valence electrons. The molecule has 1 aromatic carbocycles. The minimum absolute atomic E-state index is 0.0989. The molecular formula is C20H22F3N3OS. The number of benzene rings is 1. The Kier molecular flexibility index (Phi) is 6.96. The molecule has 1 N–H and O–H groups in total. The Morgan fingerprint density at radius 2 is 1.86 bits per heavy atom. The summed E-state index contributed by atoms with van der Waals surface area (Å²) < 4.78 is 37.8. The first-order valence-electron chi connectivity index (χ1n) is 9.14. The standard InChI is InChI=1S/C20H22F3N3OS/c21-20(22,23)16-8-9-19(24-12-16)28-14-18(27)25-17(13-26-10-4-5-11-26)15-6-2-1-3-7-15/h1-3,6-9,12,17H,4-5,10-11,13-14H2,(H,25,27). The molecule has 1 aromatic heterocycles. The summed E-state index contributed by atoms with van der Waals surface area (Å²) in [5.74, 6) is -0.0680. The van der Waals surface area contributed by atoms with Crippen LogP contribution in [0.25, 0.3) is 0 Å². The van der Waals surface area contributed by atoms with E-state index in [-0.39, 0.29) is 17.7 Å². The number of nitrogens with one attached hydrogen (secondary N) is 1. The van der Waals surface area contributed by atoms with Gasteiger partial charge in [0.1, 0.15) is 0 Å². The van der Waals surface area contributed by atoms with Gasteiger partial charge in [0.25, 0.3) is 0 Å². The number of rotatable bonds is 7. The van der Waals surface area contributed by atoms with E-state index in [0.29, 0.717) is 5.03 Å². The summed E-state index contributed by atoms with van der Waals surface area (Å²) in [6.45, 7) is 2.81. The highest BCUT2D eigenvalue weighted by Crippen LogP contribution is 2.29. The van der Waals surface area contributed by atoms with Crippen molar-refractivity contribution < 1.29 is 18.0 Å². The quantitative estimate of drug-likeness (QED) is 0.698. The van der Waals surface area contributed by atoms with E-state index in [1.165, 1.54) is 18.9 Å². The van der Waals surface area contributed by atoms with E-state index >= 15 is 0 Å². The van der Waals surface area contributed by atoms with Gasteiger partial charge >= 0.3 is 6.18 Å². The van der Waals surface area contributed by atoms with Crippen LogP contribution in [0.15, 0.2) is 53.7 Å². The predicted molar refractivity (Wildman–Crippen MR) is 103 cm³/mol. The number of aromatic nitrogens is 1. The van der Waals surface area contributed by atoms with Crippen LogP contribution in [-0.2, 0) is 11.0 Å². The van der Waals surface area contributed by atoms with E-state index in [2.05, 4.69) is 15.2 Å². The molecule has 0 bridgehead atoms. The fourth-order valence-electron chi connectivity index (χ4n) is 3.15.